The van der Waals surface area contributed by atoms with Gasteiger partial charge < -0.3 is 10.0 Å². The number of hydrogen-bond acceptors (Lipinski definition) is 2. The van der Waals surface area contributed by atoms with E-state index in [1.165, 1.54) is 16.8 Å². The van der Waals surface area contributed by atoms with Crippen molar-refractivity contribution in [2.24, 2.45) is 0 Å². The van der Waals surface area contributed by atoms with Crippen LogP contribution in [-0.4, -0.2) is 12.2 Å². The first kappa shape index (κ1) is 14.6. The van der Waals surface area contributed by atoms with Gasteiger partial charge in [0.05, 0.1) is 6.10 Å². The van der Waals surface area contributed by atoms with Gasteiger partial charge in [-0.15, -0.1) is 0 Å². The number of aliphatic hydroxyl groups is 1. The van der Waals surface area contributed by atoms with Crippen molar-refractivity contribution >= 4 is 5.69 Å². The first-order chi connectivity index (χ1) is 9.60. The van der Waals surface area contributed by atoms with Crippen LogP contribution < -0.4 is 4.90 Å². The maximum atomic E-state index is 9.81. The molecular weight excluding hydrogens is 246 g/mol. The van der Waals surface area contributed by atoms with Gasteiger partial charge in [0.2, 0.25) is 0 Å². The Bertz CT molecular complexity index is 548. The van der Waals surface area contributed by atoms with Crippen LogP contribution in [0.5, 0.6) is 0 Å². The van der Waals surface area contributed by atoms with Gasteiger partial charge in [0.15, 0.2) is 0 Å². The lowest BCUT2D eigenvalue weighted by molar-refractivity contribution is 0.173. The molecule has 0 radical (unpaired) electrons. The summed E-state index contributed by atoms with van der Waals surface area (Å²) in [7, 11) is 2.09. The number of hydrogen-bond donors (Lipinski definition) is 1. The second-order valence-electron chi connectivity index (χ2n) is 5.36. The van der Waals surface area contributed by atoms with Crippen molar-refractivity contribution in [1.82, 2.24) is 0 Å². The second-order valence-corrected chi connectivity index (χ2v) is 5.36. The van der Waals surface area contributed by atoms with E-state index in [9.17, 15) is 5.11 Å². The molecule has 0 aliphatic carbocycles. The summed E-state index contributed by atoms with van der Waals surface area (Å²) in [4.78, 5) is 2.22. The minimum atomic E-state index is -0.355. The van der Waals surface area contributed by atoms with Crippen molar-refractivity contribution in [1.29, 1.82) is 0 Å². The highest BCUT2D eigenvalue weighted by Gasteiger charge is 2.06. The Morgan fingerprint density at radius 3 is 2.40 bits per heavy atom. The van der Waals surface area contributed by atoms with Crippen LogP contribution in [0, 0.1) is 6.92 Å². The highest BCUT2D eigenvalue weighted by Crippen LogP contribution is 2.21. The van der Waals surface area contributed by atoms with Gasteiger partial charge in [-0.1, -0.05) is 48.9 Å². The first-order valence-corrected chi connectivity index (χ1v) is 7.15. The highest BCUT2D eigenvalue weighted by molar-refractivity contribution is 5.47. The monoisotopic (exact) mass is 269 g/mol. The third-order valence-electron chi connectivity index (χ3n) is 3.61. The number of rotatable bonds is 5. The molecule has 2 aromatic carbocycles. The number of aliphatic hydroxyl groups excluding tert-OH is 1. The molecule has 0 saturated heterocycles. The smallest absolute Gasteiger partial charge is 0.0787 e. The zero-order chi connectivity index (χ0) is 14.5. The summed E-state index contributed by atoms with van der Waals surface area (Å²) in [5.74, 6) is 0. The van der Waals surface area contributed by atoms with Crippen molar-refractivity contribution in [2.75, 3.05) is 11.9 Å². The van der Waals surface area contributed by atoms with Crippen LogP contribution in [0.2, 0.25) is 0 Å². The number of benzene rings is 2. The zero-order valence-corrected chi connectivity index (χ0v) is 12.5. The average molecular weight is 269 g/mol. The average Bonchev–Trinajstić information content (AvgIpc) is 2.46. The number of aryl methyl sites for hydroxylation is 1. The van der Waals surface area contributed by atoms with E-state index in [-0.39, 0.29) is 6.10 Å². The molecule has 2 aromatic rings. The predicted molar refractivity (Wildman–Crippen MR) is 85.0 cm³/mol. The standard InChI is InChI=1S/C18H23NO/c1-4-18(20)16-8-10-17(11-9-16)19(3)13-15-7-5-6-14(2)12-15/h5-12,18,20H,4,13H2,1-3H3/t18-/m1/s1. The van der Waals surface area contributed by atoms with E-state index < -0.39 is 0 Å². The quantitative estimate of drug-likeness (QED) is 0.884. The van der Waals surface area contributed by atoms with Crippen LogP contribution in [0.4, 0.5) is 5.69 Å². The molecule has 2 nitrogen and oxygen atoms in total. The van der Waals surface area contributed by atoms with Crippen LogP contribution in [0.25, 0.3) is 0 Å². The fraction of sp³-hybridized carbons (Fsp3) is 0.333. The Balaban J connectivity index is 2.07. The molecule has 0 spiro atoms. The van der Waals surface area contributed by atoms with Crippen LogP contribution in [0.3, 0.4) is 0 Å². The SMILES string of the molecule is CC[C@@H](O)c1ccc(N(C)Cc2cccc(C)c2)cc1. The minimum Gasteiger partial charge on any atom is -0.388 e. The molecule has 0 aliphatic heterocycles. The maximum Gasteiger partial charge on any atom is 0.0787 e. The maximum absolute atomic E-state index is 9.81. The molecule has 0 heterocycles. The Kier molecular flexibility index (Phi) is 4.80. The molecule has 106 valence electrons. The van der Waals surface area contributed by atoms with Gasteiger partial charge in [-0.2, -0.15) is 0 Å². The molecule has 1 atom stereocenters. The predicted octanol–water partition coefficient (Wildman–Crippen LogP) is 4.07. The third-order valence-corrected chi connectivity index (χ3v) is 3.61. The van der Waals surface area contributed by atoms with Gasteiger partial charge in [-0.05, 0) is 36.6 Å². The summed E-state index contributed by atoms with van der Waals surface area (Å²) >= 11 is 0. The summed E-state index contributed by atoms with van der Waals surface area (Å²) in [5, 5.41) is 9.81. The summed E-state index contributed by atoms with van der Waals surface area (Å²) < 4.78 is 0. The normalized spacial score (nSPS) is 12.2. The van der Waals surface area contributed by atoms with Gasteiger partial charge in [-0.3, -0.25) is 0 Å². The van der Waals surface area contributed by atoms with Crippen molar-refractivity contribution in [2.45, 2.75) is 32.9 Å². The minimum absolute atomic E-state index is 0.355. The fourth-order valence-corrected chi connectivity index (χ4v) is 2.36. The van der Waals surface area contributed by atoms with E-state index in [4.69, 9.17) is 0 Å². The van der Waals surface area contributed by atoms with E-state index in [2.05, 4.69) is 55.3 Å². The molecule has 0 amide bonds. The second kappa shape index (κ2) is 6.58. The van der Waals surface area contributed by atoms with Gasteiger partial charge in [0, 0.05) is 19.3 Å². The molecule has 20 heavy (non-hydrogen) atoms. The molecule has 0 fully saturated rings. The Morgan fingerprint density at radius 1 is 1.10 bits per heavy atom. The van der Waals surface area contributed by atoms with Crippen molar-refractivity contribution in [3.8, 4) is 0 Å². The van der Waals surface area contributed by atoms with Gasteiger partial charge in [0.1, 0.15) is 0 Å². The van der Waals surface area contributed by atoms with Crippen LogP contribution in [-0.2, 0) is 6.54 Å². The van der Waals surface area contributed by atoms with Crippen molar-refractivity contribution < 1.29 is 5.11 Å². The van der Waals surface area contributed by atoms with Crippen molar-refractivity contribution in [3.05, 3.63) is 65.2 Å². The third kappa shape index (κ3) is 3.61. The van der Waals surface area contributed by atoms with Gasteiger partial charge in [0.25, 0.3) is 0 Å². The Labute approximate surface area is 121 Å². The largest absolute Gasteiger partial charge is 0.388 e. The molecular formula is C18H23NO. The molecule has 0 saturated carbocycles. The van der Waals surface area contributed by atoms with Crippen molar-refractivity contribution in [3.63, 3.8) is 0 Å². The topological polar surface area (TPSA) is 23.5 Å². The molecule has 0 unspecified atom stereocenters. The van der Waals surface area contributed by atoms with E-state index >= 15 is 0 Å². The Hall–Kier alpha value is -1.80. The van der Waals surface area contributed by atoms with Gasteiger partial charge in [-0.25, -0.2) is 0 Å². The summed E-state index contributed by atoms with van der Waals surface area (Å²) in [5.41, 5.74) is 4.75. The van der Waals surface area contributed by atoms with Crippen LogP contribution in [0.15, 0.2) is 48.5 Å². The lowest BCUT2D eigenvalue weighted by Gasteiger charge is -2.20. The number of anilines is 1. The van der Waals surface area contributed by atoms with E-state index in [0.29, 0.717) is 0 Å². The Morgan fingerprint density at radius 2 is 1.80 bits per heavy atom. The fourth-order valence-electron chi connectivity index (χ4n) is 2.36. The molecule has 1 N–H and O–H groups in total. The lowest BCUT2D eigenvalue weighted by atomic mass is 10.1. The molecule has 0 bridgehead atoms. The summed E-state index contributed by atoms with van der Waals surface area (Å²) in [6, 6.07) is 16.7. The number of nitrogens with zero attached hydrogens (tertiary/aromatic N) is 1. The molecule has 0 aliphatic rings. The first-order valence-electron chi connectivity index (χ1n) is 7.15. The van der Waals surface area contributed by atoms with Crippen LogP contribution in [0.1, 0.15) is 36.1 Å². The van der Waals surface area contributed by atoms with E-state index in [1.807, 2.05) is 19.1 Å². The summed E-state index contributed by atoms with van der Waals surface area (Å²) in [6.45, 7) is 4.99. The summed E-state index contributed by atoms with van der Waals surface area (Å²) in [6.07, 6.45) is 0.393. The molecule has 0 aromatic heterocycles. The van der Waals surface area contributed by atoms with Crippen LogP contribution >= 0.6 is 0 Å². The molecule has 2 heteroatoms. The lowest BCUT2D eigenvalue weighted by Crippen LogP contribution is -2.16. The van der Waals surface area contributed by atoms with E-state index in [0.717, 1.165) is 18.5 Å². The highest BCUT2D eigenvalue weighted by atomic mass is 16.3. The van der Waals surface area contributed by atoms with E-state index in [1.54, 1.807) is 0 Å². The zero-order valence-electron chi connectivity index (χ0n) is 12.5. The van der Waals surface area contributed by atoms with Gasteiger partial charge >= 0.3 is 0 Å². The molecule has 2 rings (SSSR count).